The number of benzene rings is 1. The first-order valence-corrected chi connectivity index (χ1v) is 7.11. The van der Waals surface area contributed by atoms with Gasteiger partial charge >= 0.3 is 0 Å². The molecule has 0 aliphatic heterocycles. The molecule has 0 spiro atoms. The van der Waals surface area contributed by atoms with E-state index >= 15 is 0 Å². The fourth-order valence-electron chi connectivity index (χ4n) is 2.05. The van der Waals surface area contributed by atoms with Crippen LogP contribution in [0, 0.1) is 12.7 Å². The van der Waals surface area contributed by atoms with E-state index in [2.05, 4.69) is 15.3 Å². The fourth-order valence-corrected chi connectivity index (χ4v) is 2.22. The summed E-state index contributed by atoms with van der Waals surface area (Å²) >= 11 is 6.17. The Morgan fingerprint density at radius 2 is 2.10 bits per heavy atom. The van der Waals surface area contributed by atoms with Crippen molar-refractivity contribution in [2.45, 2.75) is 25.7 Å². The van der Waals surface area contributed by atoms with Gasteiger partial charge in [0.2, 0.25) is 0 Å². The Hall–Kier alpha value is -1.88. The Balaban J connectivity index is 1.97. The highest BCUT2D eigenvalue weighted by atomic mass is 35.5. The summed E-state index contributed by atoms with van der Waals surface area (Å²) in [6, 6.07) is 4.30. The van der Waals surface area contributed by atoms with E-state index in [1.807, 2.05) is 6.92 Å². The molecule has 6 heteroatoms. The van der Waals surface area contributed by atoms with Gasteiger partial charge in [-0.05, 0) is 31.9 Å². The third kappa shape index (κ3) is 2.93. The molecule has 0 amide bonds. The smallest absolute Gasteiger partial charge is 0.145 e. The van der Waals surface area contributed by atoms with Gasteiger partial charge in [-0.1, -0.05) is 11.6 Å². The van der Waals surface area contributed by atoms with Crippen molar-refractivity contribution < 1.29 is 9.13 Å². The van der Waals surface area contributed by atoms with Gasteiger partial charge in [0, 0.05) is 17.5 Å². The summed E-state index contributed by atoms with van der Waals surface area (Å²) < 4.78 is 18.4. The molecular weight excluding hydrogens is 293 g/mol. The number of nitrogens with zero attached hydrogens (tertiary/aromatic N) is 2. The van der Waals surface area contributed by atoms with E-state index in [0.717, 1.165) is 24.2 Å². The lowest BCUT2D eigenvalue weighted by Crippen LogP contribution is -2.04. The second kappa shape index (κ2) is 5.48. The molecule has 0 atom stereocenters. The molecule has 110 valence electrons. The van der Waals surface area contributed by atoms with Gasteiger partial charge in [-0.3, -0.25) is 0 Å². The Labute approximate surface area is 127 Å². The number of hydrogen-bond donors (Lipinski definition) is 1. The van der Waals surface area contributed by atoms with Crippen LogP contribution in [-0.4, -0.2) is 17.1 Å². The van der Waals surface area contributed by atoms with Crippen LogP contribution >= 0.6 is 11.6 Å². The summed E-state index contributed by atoms with van der Waals surface area (Å²) in [5.41, 5.74) is 1.39. The first-order chi connectivity index (χ1) is 10.1. The topological polar surface area (TPSA) is 47.0 Å². The van der Waals surface area contributed by atoms with E-state index in [4.69, 9.17) is 16.3 Å². The molecular formula is C15H15ClFN3O. The number of halogens is 2. The Kier molecular flexibility index (Phi) is 3.68. The van der Waals surface area contributed by atoms with E-state index in [1.165, 1.54) is 19.2 Å². The first kappa shape index (κ1) is 14.1. The van der Waals surface area contributed by atoms with E-state index in [9.17, 15) is 4.39 Å². The number of methoxy groups -OCH3 is 1. The van der Waals surface area contributed by atoms with Gasteiger partial charge in [0.25, 0.3) is 0 Å². The molecule has 0 unspecified atom stereocenters. The van der Waals surface area contributed by atoms with Crippen LogP contribution < -0.4 is 10.1 Å². The van der Waals surface area contributed by atoms with Gasteiger partial charge in [0.1, 0.15) is 28.4 Å². The molecule has 0 radical (unpaired) electrons. The third-order valence-corrected chi connectivity index (χ3v) is 3.83. The largest absolute Gasteiger partial charge is 0.494 e. The highest BCUT2D eigenvalue weighted by Crippen LogP contribution is 2.40. The fraction of sp³-hybridized carbons (Fsp3) is 0.333. The normalized spacial score (nSPS) is 14.1. The van der Waals surface area contributed by atoms with Crippen molar-refractivity contribution in [2.24, 2.45) is 0 Å². The minimum absolute atomic E-state index is 0.353. The molecule has 1 heterocycles. The summed E-state index contributed by atoms with van der Waals surface area (Å²) in [6.07, 6.45) is 2.19. The number of ether oxygens (including phenoxy) is 1. The van der Waals surface area contributed by atoms with E-state index < -0.39 is 0 Å². The molecule has 0 saturated heterocycles. The zero-order chi connectivity index (χ0) is 15.0. The molecule has 1 saturated carbocycles. The monoisotopic (exact) mass is 307 g/mol. The van der Waals surface area contributed by atoms with Crippen molar-refractivity contribution >= 4 is 23.1 Å². The van der Waals surface area contributed by atoms with E-state index in [0.29, 0.717) is 28.3 Å². The number of rotatable bonds is 4. The van der Waals surface area contributed by atoms with Crippen molar-refractivity contribution in [3.8, 4) is 5.75 Å². The van der Waals surface area contributed by atoms with Crippen LogP contribution in [0.4, 0.5) is 15.9 Å². The molecule has 3 rings (SSSR count). The third-order valence-electron chi connectivity index (χ3n) is 3.46. The van der Waals surface area contributed by atoms with Crippen molar-refractivity contribution in [1.29, 1.82) is 0 Å². The van der Waals surface area contributed by atoms with Gasteiger partial charge in [-0.2, -0.15) is 0 Å². The molecule has 1 aromatic carbocycles. The van der Waals surface area contributed by atoms with Crippen LogP contribution in [0.15, 0.2) is 18.2 Å². The number of nitrogens with one attached hydrogen (secondary N) is 1. The molecule has 1 aliphatic rings. The maximum absolute atomic E-state index is 13.2. The van der Waals surface area contributed by atoms with Crippen LogP contribution in [0.1, 0.15) is 30.1 Å². The Bertz CT molecular complexity index is 689. The molecule has 0 bridgehead atoms. The van der Waals surface area contributed by atoms with Crippen LogP contribution in [-0.2, 0) is 0 Å². The summed E-state index contributed by atoms with van der Waals surface area (Å²) in [5, 5.41) is 3.60. The maximum atomic E-state index is 13.2. The van der Waals surface area contributed by atoms with Crippen molar-refractivity contribution in [3.05, 3.63) is 40.6 Å². The standard InChI is InChI=1S/C15H15ClFN3O/c1-8-13(16)19-15(9-3-4-9)20-14(8)18-11-6-5-10(17)7-12(11)21-2/h5-7,9H,3-4H2,1-2H3,(H,18,19,20). The SMILES string of the molecule is COc1cc(F)ccc1Nc1nc(C2CC2)nc(Cl)c1C. The van der Waals surface area contributed by atoms with Crippen molar-refractivity contribution in [1.82, 2.24) is 9.97 Å². The van der Waals surface area contributed by atoms with Gasteiger partial charge < -0.3 is 10.1 Å². The average molecular weight is 308 g/mol. The van der Waals surface area contributed by atoms with Gasteiger partial charge in [-0.25, -0.2) is 14.4 Å². The van der Waals surface area contributed by atoms with Crippen LogP contribution in [0.2, 0.25) is 5.15 Å². The minimum atomic E-state index is -0.353. The highest BCUT2D eigenvalue weighted by Gasteiger charge is 2.28. The zero-order valence-corrected chi connectivity index (χ0v) is 12.5. The zero-order valence-electron chi connectivity index (χ0n) is 11.8. The second-order valence-electron chi connectivity index (χ2n) is 5.09. The van der Waals surface area contributed by atoms with Crippen molar-refractivity contribution in [3.63, 3.8) is 0 Å². The second-order valence-corrected chi connectivity index (χ2v) is 5.45. The summed E-state index contributed by atoms with van der Waals surface area (Å²) in [5.74, 6) is 1.85. The molecule has 1 N–H and O–H groups in total. The van der Waals surface area contributed by atoms with Gasteiger partial charge in [-0.15, -0.1) is 0 Å². The minimum Gasteiger partial charge on any atom is -0.494 e. The lowest BCUT2D eigenvalue weighted by molar-refractivity contribution is 0.413. The van der Waals surface area contributed by atoms with E-state index in [1.54, 1.807) is 6.07 Å². The van der Waals surface area contributed by atoms with Crippen LogP contribution in [0.3, 0.4) is 0 Å². The molecule has 21 heavy (non-hydrogen) atoms. The van der Waals surface area contributed by atoms with Gasteiger partial charge in [0.15, 0.2) is 0 Å². The van der Waals surface area contributed by atoms with Crippen LogP contribution in [0.5, 0.6) is 5.75 Å². The predicted molar refractivity (Wildman–Crippen MR) is 80.0 cm³/mol. The summed E-state index contributed by atoms with van der Waals surface area (Å²) in [7, 11) is 1.50. The molecule has 1 aromatic heterocycles. The molecule has 4 nitrogen and oxygen atoms in total. The van der Waals surface area contributed by atoms with Crippen molar-refractivity contribution in [2.75, 3.05) is 12.4 Å². The maximum Gasteiger partial charge on any atom is 0.145 e. The average Bonchev–Trinajstić information content (AvgIpc) is 3.29. The molecule has 1 fully saturated rings. The summed E-state index contributed by atoms with van der Waals surface area (Å²) in [4.78, 5) is 8.85. The lowest BCUT2D eigenvalue weighted by Gasteiger charge is -2.14. The highest BCUT2D eigenvalue weighted by molar-refractivity contribution is 6.30. The predicted octanol–water partition coefficient (Wildman–Crippen LogP) is 4.21. The number of anilines is 2. The number of aromatic nitrogens is 2. The summed E-state index contributed by atoms with van der Waals surface area (Å²) in [6.45, 7) is 1.84. The molecule has 1 aliphatic carbocycles. The van der Waals surface area contributed by atoms with E-state index in [-0.39, 0.29) is 5.82 Å². The van der Waals surface area contributed by atoms with Crippen LogP contribution in [0.25, 0.3) is 0 Å². The number of hydrogen-bond acceptors (Lipinski definition) is 4. The quantitative estimate of drug-likeness (QED) is 0.860. The molecule has 2 aromatic rings. The Morgan fingerprint density at radius 3 is 2.76 bits per heavy atom. The first-order valence-electron chi connectivity index (χ1n) is 6.73. The van der Waals surface area contributed by atoms with Gasteiger partial charge in [0.05, 0.1) is 12.8 Å². The Morgan fingerprint density at radius 1 is 1.33 bits per heavy atom. The lowest BCUT2D eigenvalue weighted by atomic mass is 10.2.